The molecule has 0 saturated heterocycles. The first kappa shape index (κ1) is 12.1. The average molecular weight is 247 g/mol. The van der Waals surface area contributed by atoms with Crippen molar-refractivity contribution < 1.29 is 5.11 Å². The van der Waals surface area contributed by atoms with Crippen molar-refractivity contribution in [3.05, 3.63) is 51.7 Å². The standard InChI is InChI=1S/C14H17NOS/c1-10-5-6-13(16)12(8-10)9-15-11(2)14-4-3-7-17-14/h3-8,11,15-16H,9H2,1-2H3/t11-/m0/s1. The SMILES string of the molecule is Cc1ccc(O)c(CN[C@@H](C)c2cccs2)c1. The van der Waals surface area contributed by atoms with E-state index < -0.39 is 0 Å². The highest BCUT2D eigenvalue weighted by atomic mass is 32.1. The highest BCUT2D eigenvalue weighted by Crippen LogP contribution is 2.21. The summed E-state index contributed by atoms with van der Waals surface area (Å²) in [6.07, 6.45) is 0. The summed E-state index contributed by atoms with van der Waals surface area (Å²) < 4.78 is 0. The molecule has 0 fully saturated rings. The van der Waals surface area contributed by atoms with Crippen LogP contribution in [-0.2, 0) is 6.54 Å². The van der Waals surface area contributed by atoms with Crippen LogP contribution in [0.3, 0.4) is 0 Å². The lowest BCUT2D eigenvalue weighted by Gasteiger charge is -2.13. The van der Waals surface area contributed by atoms with Gasteiger partial charge < -0.3 is 10.4 Å². The van der Waals surface area contributed by atoms with E-state index in [1.807, 2.05) is 19.1 Å². The molecular formula is C14H17NOS. The minimum absolute atomic E-state index is 0.315. The maximum atomic E-state index is 9.74. The van der Waals surface area contributed by atoms with Crippen molar-refractivity contribution in [2.45, 2.75) is 26.4 Å². The van der Waals surface area contributed by atoms with E-state index in [0.29, 0.717) is 18.3 Å². The molecule has 0 bridgehead atoms. The van der Waals surface area contributed by atoms with E-state index in [1.54, 1.807) is 17.4 Å². The second kappa shape index (κ2) is 5.34. The van der Waals surface area contributed by atoms with E-state index >= 15 is 0 Å². The normalized spacial score (nSPS) is 12.6. The van der Waals surface area contributed by atoms with Gasteiger partial charge in [-0.05, 0) is 31.4 Å². The van der Waals surface area contributed by atoms with Gasteiger partial charge in [0.25, 0.3) is 0 Å². The van der Waals surface area contributed by atoms with Crippen LogP contribution in [0.2, 0.25) is 0 Å². The summed E-state index contributed by atoms with van der Waals surface area (Å²) in [4.78, 5) is 1.32. The Morgan fingerprint density at radius 2 is 2.18 bits per heavy atom. The zero-order chi connectivity index (χ0) is 12.3. The van der Waals surface area contributed by atoms with E-state index in [2.05, 4.69) is 29.8 Å². The van der Waals surface area contributed by atoms with Gasteiger partial charge in [-0.3, -0.25) is 0 Å². The van der Waals surface area contributed by atoms with Crippen molar-refractivity contribution in [2.24, 2.45) is 0 Å². The largest absolute Gasteiger partial charge is 0.508 e. The molecule has 2 nitrogen and oxygen atoms in total. The summed E-state index contributed by atoms with van der Waals surface area (Å²) in [6.45, 7) is 4.86. The molecule has 2 N–H and O–H groups in total. The second-order valence-corrected chi connectivity index (χ2v) is 5.23. The van der Waals surface area contributed by atoms with E-state index in [0.717, 1.165) is 5.56 Å². The third-order valence-corrected chi connectivity index (χ3v) is 3.86. The zero-order valence-electron chi connectivity index (χ0n) is 10.1. The topological polar surface area (TPSA) is 32.3 Å². The minimum Gasteiger partial charge on any atom is -0.508 e. The van der Waals surface area contributed by atoms with E-state index in [4.69, 9.17) is 0 Å². The number of hydrogen-bond donors (Lipinski definition) is 2. The lowest BCUT2D eigenvalue weighted by atomic mass is 10.1. The van der Waals surface area contributed by atoms with Gasteiger partial charge in [0.2, 0.25) is 0 Å². The summed E-state index contributed by atoms with van der Waals surface area (Å²) in [6, 6.07) is 10.2. The highest BCUT2D eigenvalue weighted by Gasteiger charge is 2.07. The molecule has 0 unspecified atom stereocenters. The van der Waals surface area contributed by atoms with Crippen LogP contribution in [0.4, 0.5) is 0 Å². The van der Waals surface area contributed by atoms with Crippen molar-refractivity contribution in [3.8, 4) is 5.75 Å². The Hall–Kier alpha value is -1.32. The summed E-state index contributed by atoms with van der Waals surface area (Å²) in [5.41, 5.74) is 2.12. The van der Waals surface area contributed by atoms with Crippen LogP contribution in [-0.4, -0.2) is 5.11 Å². The van der Waals surface area contributed by atoms with Crippen molar-refractivity contribution in [3.63, 3.8) is 0 Å². The van der Waals surface area contributed by atoms with E-state index in [9.17, 15) is 5.11 Å². The van der Waals surface area contributed by atoms with Crippen LogP contribution in [0.25, 0.3) is 0 Å². The first-order valence-electron chi connectivity index (χ1n) is 5.72. The molecule has 0 spiro atoms. The Kier molecular flexibility index (Phi) is 3.82. The Morgan fingerprint density at radius 1 is 1.35 bits per heavy atom. The van der Waals surface area contributed by atoms with Crippen LogP contribution >= 0.6 is 11.3 Å². The first-order valence-corrected chi connectivity index (χ1v) is 6.60. The van der Waals surface area contributed by atoms with Gasteiger partial charge in [0, 0.05) is 23.0 Å². The fourth-order valence-corrected chi connectivity index (χ4v) is 2.52. The molecule has 0 amide bonds. The smallest absolute Gasteiger partial charge is 0.120 e. The molecule has 3 heteroatoms. The fourth-order valence-electron chi connectivity index (χ4n) is 1.76. The van der Waals surface area contributed by atoms with Crippen molar-refractivity contribution in [2.75, 3.05) is 0 Å². The quantitative estimate of drug-likeness (QED) is 0.865. The maximum Gasteiger partial charge on any atom is 0.120 e. The Bertz CT molecular complexity index is 479. The molecular weight excluding hydrogens is 230 g/mol. The van der Waals surface area contributed by atoms with Crippen molar-refractivity contribution in [1.82, 2.24) is 5.32 Å². The monoisotopic (exact) mass is 247 g/mol. The lowest BCUT2D eigenvalue weighted by Crippen LogP contribution is -2.17. The number of rotatable bonds is 4. The summed E-state index contributed by atoms with van der Waals surface area (Å²) in [5, 5.41) is 15.2. The average Bonchev–Trinajstić information content (AvgIpc) is 2.83. The summed E-state index contributed by atoms with van der Waals surface area (Å²) >= 11 is 1.75. The predicted molar refractivity (Wildman–Crippen MR) is 72.4 cm³/mol. The van der Waals surface area contributed by atoms with Gasteiger partial charge in [-0.25, -0.2) is 0 Å². The van der Waals surface area contributed by atoms with Crippen LogP contribution in [0.1, 0.15) is 29.0 Å². The van der Waals surface area contributed by atoms with Crippen LogP contribution in [0.5, 0.6) is 5.75 Å². The third kappa shape index (κ3) is 3.08. The molecule has 1 atom stereocenters. The molecule has 0 aliphatic rings. The second-order valence-electron chi connectivity index (χ2n) is 4.25. The number of aromatic hydroxyl groups is 1. The number of thiophene rings is 1. The molecule has 1 heterocycles. The number of nitrogens with one attached hydrogen (secondary N) is 1. The lowest BCUT2D eigenvalue weighted by molar-refractivity contribution is 0.460. The molecule has 0 aliphatic carbocycles. The van der Waals surface area contributed by atoms with Crippen LogP contribution in [0.15, 0.2) is 35.7 Å². The number of phenols is 1. The predicted octanol–water partition coefficient (Wildman–Crippen LogP) is 3.61. The number of hydrogen-bond acceptors (Lipinski definition) is 3. The molecule has 0 saturated carbocycles. The van der Waals surface area contributed by atoms with Gasteiger partial charge >= 0.3 is 0 Å². The Labute approximate surface area is 106 Å². The van der Waals surface area contributed by atoms with E-state index in [1.165, 1.54) is 10.4 Å². The molecule has 1 aromatic heterocycles. The van der Waals surface area contributed by atoms with Crippen molar-refractivity contribution in [1.29, 1.82) is 0 Å². The zero-order valence-corrected chi connectivity index (χ0v) is 10.9. The fraction of sp³-hybridized carbons (Fsp3) is 0.286. The summed E-state index contributed by atoms with van der Waals surface area (Å²) in [5.74, 6) is 0.362. The van der Waals surface area contributed by atoms with Gasteiger partial charge in [0.15, 0.2) is 0 Å². The van der Waals surface area contributed by atoms with Crippen LogP contribution in [0, 0.1) is 6.92 Å². The molecule has 90 valence electrons. The molecule has 2 rings (SSSR count). The molecule has 17 heavy (non-hydrogen) atoms. The molecule has 2 aromatic rings. The highest BCUT2D eigenvalue weighted by molar-refractivity contribution is 7.10. The molecule has 0 aliphatic heterocycles. The van der Waals surface area contributed by atoms with Gasteiger partial charge in [-0.1, -0.05) is 23.8 Å². The first-order chi connectivity index (χ1) is 8.16. The third-order valence-electron chi connectivity index (χ3n) is 2.80. The molecule has 0 radical (unpaired) electrons. The summed E-state index contributed by atoms with van der Waals surface area (Å²) in [7, 11) is 0. The van der Waals surface area contributed by atoms with Crippen molar-refractivity contribution >= 4 is 11.3 Å². The number of aryl methyl sites for hydroxylation is 1. The van der Waals surface area contributed by atoms with Crippen LogP contribution < -0.4 is 5.32 Å². The minimum atomic E-state index is 0.315. The number of benzene rings is 1. The Morgan fingerprint density at radius 3 is 2.88 bits per heavy atom. The number of phenolic OH excluding ortho intramolecular Hbond substituents is 1. The van der Waals surface area contributed by atoms with Gasteiger partial charge in [0.1, 0.15) is 5.75 Å². The molecule has 1 aromatic carbocycles. The maximum absolute atomic E-state index is 9.74. The van der Waals surface area contributed by atoms with E-state index in [-0.39, 0.29) is 0 Å². The van der Waals surface area contributed by atoms with Gasteiger partial charge in [-0.15, -0.1) is 11.3 Å². The van der Waals surface area contributed by atoms with Gasteiger partial charge in [0.05, 0.1) is 0 Å². The van der Waals surface area contributed by atoms with Gasteiger partial charge in [-0.2, -0.15) is 0 Å². The Balaban J connectivity index is 2.00.